The fourth-order valence-electron chi connectivity index (χ4n) is 5.62. The summed E-state index contributed by atoms with van der Waals surface area (Å²) in [7, 11) is 0. The molecule has 6 rings (SSSR count). The molecular formula is C28H32FN7O. The van der Waals surface area contributed by atoms with E-state index in [9.17, 15) is 4.39 Å². The summed E-state index contributed by atoms with van der Waals surface area (Å²) in [5.74, 6) is 1.60. The van der Waals surface area contributed by atoms with Gasteiger partial charge in [-0.05, 0) is 67.6 Å². The van der Waals surface area contributed by atoms with Gasteiger partial charge in [-0.1, -0.05) is 18.2 Å². The molecule has 8 nitrogen and oxygen atoms in total. The van der Waals surface area contributed by atoms with Gasteiger partial charge in [0.2, 0.25) is 0 Å². The first kappa shape index (κ1) is 23.8. The molecule has 0 aliphatic carbocycles. The molecular weight excluding hydrogens is 469 g/mol. The lowest BCUT2D eigenvalue weighted by Gasteiger charge is -2.33. The van der Waals surface area contributed by atoms with E-state index in [4.69, 9.17) is 15.2 Å². The number of rotatable bonds is 7. The van der Waals surface area contributed by atoms with Gasteiger partial charge in [-0.15, -0.1) is 5.10 Å². The van der Waals surface area contributed by atoms with Gasteiger partial charge in [-0.25, -0.2) is 18.9 Å². The van der Waals surface area contributed by atoms with Crippen molar-refractivity contribution in [2.24, 2.45) is 0 Å². The van der Waals surface area contributed by atoms with E-state index in [0.29, 0.717) is 12.6 Å². The number of pyridine rings is 1. The Morgan fingerprint density at radius 2 is 1.84 bits per heavy atom. The number of aliphatic hydroxyl groups excluding tert-OH is 1. The highest BCUT2D eigenvalue weighted by Gasteiger charge is 2.28. The van der Waals surface area contributed by atoms with Gasteiger partial charge >= 0.3 is 0 Å². The van der Waals surface area contributed by atoms with Crippen molar-refractivity contribution in [1.82, 2.24) is 24.9 Å². The Kier molecular flexibility index (Phi) is 6.72. The van der Waals surface area contributed by atoms with E-state index in [1.54, 1.807) is 12.1 Å². The number of aliphatic hydroxyl groups is 1. The monoisotopic (exact) mass is 501 g/mol. The summed E-state index contributed by atoms with van der Waals surface area (Å²) in [6.45, 7) is 3.53. The Bertz CT molecular complexity index is 1370. The molecule has 2 aliphatic rings. The molecule has 2 aliphatic heterocycles. The molecule has 0 bridgehead atoms. The summed E-state index contributed by atoms with van der Waals surface area (Å²) in [6.07, 6.45) is 5.88. The second-order valence-corrected chi connectivity index (χ2v) is 9.83. The zero-order valence-corrected chi connectivity index (χ0v) is 20.8. The quantitative estimate of drug-likeness (QED) is 0.398. The molecule has 0 saturated carbocycles. The van der Waals surface area contributed by atoms with Crippen molar-refractivity contribution in [1.29, 1.82) is 0 Å². The van der Waals surface area contributed by atoms with E-state index in [2.05, 4.69) is 26.2 Å². The van der Waals surface area contributed by atoms with Crippen molar-refractivity contribution in [3.8, 4) is 11.4 Å². The van der Waals surface area contributed by atoms with Gasteiger partial charge in [0.25, 0.3) is 0 Å². The average molecular weight is 502 g/mol. The van der Waals surface area contributed by atoms with Crippen LogP contribution in [0.15, 0.2) is 60.8 Å². The van der Waals surface area contributed by atoms with Gasteiger partial charge in [0, 0.05) is 32.2 Å². The normalized spacial score (nSPS) is 18.7. The topological polar surface area (TPSA) is 81.8 Å². The highest BCUT2D eigenvalue weighted by molar-refractivity contribution is 5.62. The van der Waals surface area contributed by atoms with Gasteiger partial charge in [0.1, 0.15) is 23.1 Å². The summed E-state index contributed by atoms with van der Waals surface area (Å²) < 4.78 is 15.8. The molecule has 4 aromatic rings. The van der Waals surface area contributed by atoms with Crippen LogP contribution in [-0.4, -0.2) is 63.5 Å². The van der Waals surface area contributed by atoms with Crippen LogP contribution < -0.4 is 15.1 Å². The third-order valence-corrected chi connectivity index (χ3v) is 7.49. The molecule has 0 spiro atoms. The molecule has 192 valence electrons. The van der Waals surface area contributed by atoms with Crippen LogP contribution in [-0.2, 0) is 0 Å². The first-order chi connectivity index (χ1) is 18.2. The number of hydrogen-bond acceptors (Lipinski definition) is 7. The summed E-state index contributed by atoms with van der Waals surface area (Å²) >= 11 is 0. The Balaban J connectivity index is 1.26. The van der Waals surface area contributed by atoms with E-state index in [-0.39, 0.29) is 18.5 Å². The van der Waals surface area contributed by atoms with Crippen molar-refractivity contribution in [2.75, 3.05) is 42.6 Å². The molecule has 2 N–H and O–H groups in total. The van der Waals surface area contributed by atoms with Crippen molar-refractivity contribution in [3.63, 3.8) is 0 Å². The molecule has 9 heteroatoms. The van der Waals surface area contributed by atoms with E-state index < -0.39 is 0 Å². The maximum Gasteiger partial charge on any atom is 0.154 e. The van der Waals surface area contributed by atoms with E-state index >= 15 is 0 Å². The lowest BCUT2D eigenvalue weighted by atomic mass is 10.0. The van der Waals surface area contributed by atoms with Crippen LogP contribution in [0.1, 0.15) is 37.3 Å². The molecule has 3 aromatic heterocycles. The number of imidazole rings is 1. The highest BCUT2D eigenvalue weighted by atomic mass is 19.1. The van der Waals surface area contributed by atoms with Crippen LogP contribution in [0.25, 0.3) is 17.0 Å². The first-order valence-corrected chi connectivity index (χ1v) is 13.1. The van der Waals surface area contributed by atoms with E-state index in [1.807, 2.05) is 41.0 Å². The Morgan fingerprint density at radius 3 is 2.68 bits per heavy atom. The van der Waals surface area contributed by atoms with Crippen molar-refractivity contribution in [2.45, 2.75) is 37.8 Å². The zero-order valence-electron chi connectivity index (χ0n) is 20.8. The first-order valence-electron chi connectivity index (χ1n) is 13.1. The number of nitrogens with one attached hydrogen (secondary N) is 1. The molecule has 1 aromatic carbocycles. The predicted octanol–water partition coefficient (Wildman–Crippen LogP) is 3.82. The van der Waals surface area contributed by atoms with Crippen LogP contribution in [0.5, 0.6) is 0 Å². The summed E-state index contributed by atoms with van der Waals surface area (Å²) in [4.78, 5) is 14.1. The van der Waals surface area contributed by atoms with Gasteiger partial charge in [0.05, 0.1) is 24.5 Å². The molecule has 0 unspecified atom stereocenters. The van der Waals surface area contributed by atoms with Crippen molar-refractivity contribution >= 4 is 17.3 Å². The second-order valence-electron chi connectivity index (χ2n) is 9.83. The lowest BCUT2D eigenvalue weighted by molar-refractivity contribution is 0.277. The van der Waals surface area contributed by atoms with Crippen LogP contribution >= 0.6 is 0 Å². The van der Waals surface area contributed by atoms with Crippen LogP contribution in [0.4, 0.5) is 16.0 Å². The molecule has 5 heterocycles. The molecule has 37 heavy (non-hydrogen) atoms. The smallest absolute Gasteiger partial charge is 0.154 e. The van der Waals surface area contributed by atoms with Crippen LogP contribution in [0.3, 0.4) is 0 Å². The standard InChI is InChI=1S/C28H32FN7O/c29-21-5-1-4-20(18-21)24-7-3-14-35(24)28-10-9-26-31-19-25(36(26)33-28)23-6-2-8-27(32-23)34-15-11-22(12-16-34)30-13-17-37/h1-2,4-6,8-10,18-19,22,24,30,37H,3,7,11-17H2/t24-/m1/s1. The Labute approximate surface area is 215 Å². The van der Waals surface area contributed by atoms with Crippen LogP contribution in [0.2, 0.25) is 0 Å². The fraction of sp³-hybridized carbons (Fsp3) is 0.393. The third-order valence-electron chi connectivity index (χ3n) is 7.49. The second kappa shape index (κ2) is 10.4. The minimum Gasteiger partial charge on any atom is -0.395 e. The predicted molar refractivity (Wildman–Crippen MR) is 142 cm³/mol. The number of anilines is 2. The number of benzene rings is 1. The zero-order chi connectivity index (χ0) is 25.2. The molecule has 1 atom stereocenters. The minimum atomic E-state index is -0.207. The Morgan fingerprint density at radius 1 is 0.973 bits per heavy atom. The van der Waals surface area contributed by atoms with Crippen molar-refractivity contribution < 1.29 is 9.50 Å². The number of hydrogen-bond donors (Lipinski definition) is 2. The molecule has 0 radical (unpaired) electrons. The van der Waals surface area contributed by atoms with Gasteiger partial charge in [0.15, 0.2) is 5.65 Å². The number of piperidine rings is 1. The van der Waals surface area contributed by atoms with Crippen molar-refractivity contribution in [3.05, 3.63) is 72.2 Å². The number of halogens is 1. The molecule has 2 saturated heterocycles. The SMILES string of the molecule is OCCNC1CCN(c2cccc(-c3cnc4ccc(N5CCC[C@@H]5c5cccc(F)c5)nn34)n2)CC1. The maximum absolute atomic E-state index is 13.9. The number of fused-ring (bicyclic) bond motifs is 1. The average Bonchev–Trinajstić information content (AvgIpc) is 3.60. The van der Waals surface area contributed by atoms with E-state index in [1.165, 1.54) is 6.07 Å². The molecule has 0 amide bonds. The number of aromatic nitrogens is 4. The Hall–Kier alpha value is -3.56. The minimum absolute atomic E-state index is 0.101. The summed E-state index contributed by atoms with van der Waals surface area (Å²) in [6, 6.07) is 17.5. The fourth-order valence-corrected chi connectivity index (χ4v) is 5.62. The largest absolute Gasteiger partial charge is 0.395 e. The van der Waals surface area contributed by atoms with Gasteiger partial charge < -0.3 is 20.2 Å². The lowest BCUT2D eigenvalue weighted by Crippen LogP contribution is -2.43. The number of nitrogens with zero attached hydrogens (tertiary/aromatic N) is 6. The third kappa shape index (κ3) is 4.89. The summed E-state index contributed by atoms with van der Waals surface area (Å²) in [5.41, 5.74) is 3.43. The van der Waals surface area contributed by atoms with Gasteiger partial charge in [-0.3, -0.25) is 0 Å². The van der Waals surface area contributed by atoms with E-state index in [0.717, 1.165) is 79.6 Å². The highest BCUT2D eigenvalue weighted by Crippen LogP contribution is 2.35. The van der Waals surface area contributed by atoms with Crippen LogP contribution in [0, 0.1) is 5.82 Å². The molecule has 2 fully saturated rings. The van der Waals surface area contributed by atoms with Gasteiger partial charge in [-0.2, -0.15) is 0 Å². The summed E-state index contributed by atoms with van der Waals surface area (Å²) in [5, 5.41) is 17.4. The maximum atomic E-state index is 13.9.